The van der Waals surface area contributed by atoms with E-state index in [4.69, 9.17) is 14.6 Å². The number of carboxylic acids is 1. The van der Waals surface area contributed by atoms with Crippen LogP contribution in [0.4, 0.5) is 5.69 Å². The molecule has 0 radical (unpaired) electrons. The van der Waals surface area contributed by atoms with Gasteiger partial charge in [0.2, 0.25) is 0 Å². The molecule has 1 heterocycles. The van der Waals surface area contributed by atoms with Crippen molar-refractivity contribution < 1.29 is 29.1 Å². The topological polar surface area (TPSA) is 119 Å². The molecule has 9 heteroatoms. The van der Waals surface area contributed by atoms with Crippen LogP contribution in [0.3, 0.4) is 0 Å². The summed E-state index contributed by atoms with van der Waals surface area (Å²) in [5.74, 6) is -1.55. The largest absolute Gasteiger partial charge is 0.478 e. The lowest BCUT2D eigenvalue weighted by Crippen LogP contribution is -2.29. The summed E-state index contributed by atoms with van der Waals surface area (Å²) in [6.07, 6.45) is 0.763. The second-order valence-corrected chi connectivity index (χ2v) is 5.80. The van der Waals surface area contributed by atoms with Gasteiger partial charge in [-0.3, -0.25) is 14.9 Å². The highest BCUT2D eigenvalue weighted by molar-refractivity contribution is 5.98. The zero-order chi connectivity index (χ0) is 18.4. The SMILES string of the molecule is COCCOCC1CCN(C(=O)c2cc(C(=O)O)cc([N+](=O)[O-])c2)C1. The number of nitrogens with zero attached hydrogens (tertiary/aromatic N) is 2. The summed E-state index contributed by atoms with van der Waals surface area (Å²) < 4.78 is 10.4. The van der Waals surface area contributed by atoms with Gasteiger partial charge < -0.3 is 19.5 Å². The monoisotopic (exact) mass is 352 g/mol. The molecule has 0 saturated carbocycles. The molecule has 1 saturated heterocycles. The number of rotatable bonds is 8. The third-order valence-electron chi connectivity index (χ3n) is 3.98. The minimum absolute atomic E-state index is 0.00699. The van der Waals surface area contributed by atoms with Crippen LogP contribution in [0.25, 0.3) is 0 Å². The van der Waals surface area contributed by atoms with E-state index in [2.05, 4.69) is 0 Å². The van der Waals surface area contributed by atoms with Gasteiger partial charge in [-0.2, -0.15) is 0 Å². The number of hydrogen-bond acceptors (Lipinski definition) is 6. The van der Waals surface area contributed by atoms with Crippen molar-refractivity contribution in [3.63, 3.8) is 0 Å². The quantitative estimate of drug-likeness (QED) is 0.427. The smallest absolute Gasteiger partial charge is 0.335 e. The predicted molar refractivity (Wildman–Crippen MR) is 86.8 cm³/mol. The number of nitro groups is 1. The summed E-state index contributed by atoms with van der Waals surface area (Å²) in [7, 11) is 1.59. The van der Waals surface area contributed by atoms with Crippen LogP contribution in [0, 0.1) is 16.0 Å². The van der Waals surface area contributed by atoms with Gasteiger partial charge in [0.05, 0.1) is 30.3 Å². The summed E-state index contributed by atoms with van der Waals surface area (Å²) in [5, 5.41) is 20.0. The molecule has 0 aliphatic carbocycles. The highest BCUT2D eigenvalue weighted by Crippen LogP contribution is 2.23. The lowest BCUT2D eigenvalue weighted by atomic mass is 10.1. The molecule has 0 aromatic heterocycles. The van der Waals surface area contributed by atoms with E-state index >= 15 is 0 Å². The van der Waals surface area contributed by atoms with E-state index in [0.717, 1.165) is 18.6 Å². The average molecular weight is 352 g/mol. The molecule has 1 aliphatic rings. The highest BCUT2D eigenvalue weighted by Gasteiger charge is 2.28. The van der Waals surface area contributed by atoms with Crippen LogP contribution in [0.5, 0.6) is 0 Å². The number of methoxy groups -OCH3 is 1. The van der Waals surface area contributed by atoms with E-state index < -0.39 is 22.5 Å². The molecule has 0 spiro atoms. The summed E-state index contributed by atoms with van der Waals surface area (Å²) in [6, 6.07) is 3.22. The zero-order valence-electron chi connectivity index (χ0n) is 13.8. The number of hydrogen-bond donors (Lipinski definition) is 1. The molecule has 0 bridgehead atoms. The molecule has 1 aromatic rings. The van der Waals surface area contributed by atoms with Crippen LogP contribution in [-0.2, 0) is 9.47 Å². The fourth-order valence-corrected chi connectivity index (χ4v) is 2.69. The van der Waals surface area contributed by atoms with Crippen LogP contribution >= 0.6 is 0 Å². The third-order valence-corrected chi connectivity index (χ3v) is 3.98. The molecule has 1 fully saturated rings. The maximum Gasteiger partial charge on any atom is 0.335 e. The minimum atomic E-state index is -1.32. The molecular weight excluding hydrogens is 332 g/mol. The van der Waals surface area contributed by atoms with E-state index in [0.29, 0.717) is 32.9 Å². The van der Waals surface area contributed by atoms with E-state index in [1.807, 2.05) is 0 Å². The summed E-state index contributed by atoms with van der Waals surface area (Å²) >= 11 is 0. The van der Waals surface area contributed by atoms with Gasteiger partial charge >= 0.3 is 5.97 Å². The van der Waals surface area contributed by atoms with Crippen LogP contribution in [0.1, 0.15) is 27.1 Å². The number of ether oxygens (including phenoxy) is 2. The predicted octanol–water partition coefficient (Wildman–Crippen LogP) is 1.42. The number of carbonyl (C=O) groups excluding carboxylic acids is 1. The van der Waals surface area contributed by atoms with Crippen LogP contribution in [0.2, 0.25) is 0 Å². The van der Waals surface area contributed by atoms with Crippen molar-refractivity contribution in [3.8, 4) is 0 Å². The second-order valence-electron chi connectivity index (χ2n) is 5.80. The molecule has 1 unspecified atom stereocenters. The van der Waals surface area contributed by atoms with E-state index in [1.54, 1.807) is 12.0 Å². The normalized spacial score (nSPS) is 16.8. The molecule has 1 N–H and O–H groups in total. The summed E-state index contributed by atoms with van der Waals surface area (Å²) in [5.41, 5.74) is -0.689. The van der Waals surface area contributed by atoms with Crippen molar-refractivity contribution in [1.29, 1.82) is 0 Å². The lowest BCUT2D eigenvalue weighted by Gasteiger charge is -2.17. The fraction of sp³-hybridized carbons (Fsp3) is 0.500. The lowest BCUT2D eigenvalue weighted by molar-refractivity contribution is -0.384. The number of nitro benzene ring substituents is 1. The summed E-state index contributed by atoms with van der Waals surface area (Å²) in [4.78, 5) is 35.5. The van der Waals surface area contributed by atoms with Crippen LogP contribution in [0.15, 0.2) is 18.2 Å². The molecule has 1 amide bonds. The Morgan fingerprint density at radius 3 is 2.68 bits per heavy atom. The Labute approximate surface area is 144 Å². The number of amides is 1. The Balaban J connectivity index is 2.05. The number of aromatic carboxylic acids is 1. The Hall–Kier alpha value is -2.52. The van der Waals surface area contributed by atoms with Crippen molar-refractivity contribution in [2.24, 2.45) is 5.92 Å². The Kier molecular flexibility index (Phi) is 6.43. The number of benzene rings is 1. The molecular formula is C16H20N2O7. The number of carbonyl (C=O) groups is 2. The maximum atomic E-state index is 12.6. The molecule has 1 atom stereocenters. The van der Waals surface area contributed by atoms with E-state index in [-0.39, 0.29) is 17.0 Å². The molecule has 9 nitrogen and oxygen atoms in total. The first-order valence-corrected chi connectivity index (χ1v) is 7.81. The summed E-state index contributed by atoms with van der Waals surface area (Å²) in [6.45, 7) is 2.45. The number of carboxylic acid groups (broad SMARTS) is 1. The van der Waals surface area contributed by atoms with Crippen molar-refractivity contribution >= 4 is 17.6 Å². The fourth-order valence-electron chi connectivity index (χ4n) is 2.69. The van der Waals surface area contributed by atoms with Crippen LogP contribution in [-0.4, -0.2) is 66.8 Å². The van der Waals surface area contributed by atoms with Crippen molar-refractivity contribution in [1.82, 2.24) is 4.90 Å². The molecule has 25 heavy (non-hydrogen) atoms. The van der Waals surface area contributed by atoms with Gasteiger partial charge in [0, 0.05) is 43.8 Å². The standard InChI is InChI=1S/C16H20N2O7/c1-24-4-5-25-10-11-2-3-17(9-11)15(19)12-6-13(16(20)21)8-14(7-12)18(22)23/h6-8,11H,2-5,9-10H2,1H3,(H,20,21). The van der Waals surface area contributed by atoms with Gasteiger partial charge in [-0.15, -0.1) is 0 Å². The third kappa shape index (κ3) is 4.97. The maximum absolute atomic E-state index is 12.6. The van der Waals surface area contributed by atoms with Crippen molar-refractivity contribution in [2.45, 2.75) is 6.42 Å². The number of non-ortho nitro benzene ring substituents is 1. The minimum Gasteiger partial charge on any atom is -0.478 e. The zero-order valence-corrected chi connectivity index (χ0v) is 13.8. The van der Waals surface area contributed by atoms with Crippen molar-refractivity contribution in [3.05, 3.63) is 39.4 Å². The van der Waals surface area contributed by atoms with Crippen LogP contribution < -0.4 is 0 Å². The van der Waals surface area contributed by atoms with Gasteiger partial charge in [0.15, 0.2) is 0 Å². The van der Waals surface area contributed by atoms with E-state index in [1.165, 1.54) is 6.07 Å². The molecule has 136 valence electrons. The first-order chi connectivity index (χ1) is 11.9. The van der Waals surface area contributed by atoms with Crippen molar-refractivity contribution in [2.75, 3.05) is 40.0 Å². The van der Waals surface area contributed by atoms with Gasteiger partial charge in [-0.05, 0) is 12.5 Å². The Bertz CT molecular complexity index is 630. The number of likely N-dealkylation sites (tertiary alicyclic amines) is 1. The first kappa shape index (κ1) is 18.8. The molecule has 1 aromatic carbocycles. The van der Waals surface area contributed by atoms with Gasteiger partial charge in [-0.1, -0.05) is 0 Å². The molecule has 1 aliphatic heterocycles. The first-order valence-electron chi connectivity index (χ1n) is 7.81. The van der Waals surface area contributed by atoms with Gasteiger partial charge in [-0.25, -0.2) is 4.79 Å². The molecule has 2 rings (SSSR count). The van der Waals surface area contributed by atoms with E-state index in [9.17, 15) is 19.7 Å². The second kappa shape index (κ2) is 8.54. The highest BCUT2D eigenvalue weighted by atomic mass is 16.6. The Morgan fingerprint density at radius 2 is 2.04 bits per heavy atom. The van der Waals surface area contributed by atoms with Gasteiger partial charge in [0.25, 0.3) is 11.6 Å². The Morgan fingerprint density at radius 1 is 1.32 bits per heavy atom. The average Bonchev–Trinajstić information content (AvgIpc) is 3.06. The van der Waals surface area contributed by atoms with Gasteiger partial charge in [0.1, 0.15) is 0 Å².